The molecule has 0 heterocycles. The maximum Gasteiger partial charge on any atom is 0.123 e. The van der Waals surface area contributed by atoms with Crippen LogP contribution >= 0.6 is 0 Å². The maximum absolute atomic E-state index is 13.1. The van der Waals surface area contributed by atoms with E-state index < -0.39 is 0 Å². The Hall–Kier alpha value is -0.930. The first-order valence-electron chi connectivity index (χ1n) is 6.38. The number of halogens is 1. The molecule has 0 spiro atoms. The van der Waals surface area contributed by atoms with Crippen LogP contribution in [0, 0.1) is 5.82 Å². The lowest BCUT2D eigenvalue weighted by atomic mass is 9.91. The fourth-order valence-corrected chi connectivity index (χ4v) is 2.26. The highest BCUT2D eigenvalue weighted by Gasteiger charge is 2.22. The lowest BCUT2D eigenvalue weighted by molar-refractivity contribution is 0.155. The highest BCUT2D eigenvalue weighted by molar-refractivity contribution is 5.19. The Morgan fingerprint density at radius 1 is 1.47 bits per heavy atom. The van der Waals surface area contributed by atoms with Crippen LogP contribution in [0.5, 0.6) is 0 Å². The molecule has 0 aromatic heterocycles. The van der Waals surface area contributed by atoms with Gasteiger partial charge in [0.05, 0.1) is 0 Å². The number of benzene rings is 1. The molecule has 1 aromatic carbocycles. The standard InChI is InChI=1S/C14H21FN2/c1-17(13-6-3-7-13)9-8-14(16)11-4-2-5-12(15)10-11/h2,4-5,10,13-14H,3,6-9,16H2,1H3. The highest BCUT2D eigenvalue weighted by atomic mass is 19.1. The molecule has 2 rings (SSSR count). The van der Waals surface area contributed by atoms with Gasteiger partial charge < -0.3 is 10.6 Å². The fourth-order valence-electron chi connectivity index (χ4n) is 2.26. The number of nitrogens with zero attached hydrogens (tertiary/aromatic N) is 1. The smallest absolute Gasteiger partial charge is 0.123 e. The minimum Gasteiger partial charge on any atom is -0.324 e. The largest absolute Gasteiger partial charge is 0.324 e. The van der Waals surface area contributed by atoms with Crippen molar-refractivity contribution in [1.82, 2.24) is 4.90 Å². The van der Waals surface area contributed by atoms with E-state index >= 15 is 0 Å². The molecule has 1 atom stereocenters. The summed E-state index contributed by atoms with van der Waals surface area (Å²) in [6.45, 7) is 0.988. The summed E-state index contributed by atoms with van der Waals surface area (Å²) < 4.78 is 13.1. The molecule has 1 aromatic rings. The average molecular weight is 236 g/mol. The minimum absolute atomic E-state index is 0.0618. The molecule has 1 saturated carbocycles. The Morgan fingerprint density at radius 3 is 2.82 bits per heavy atom. The molecule has 1 unspecified atom stereocenters. The number of hydrogen-bond donors (Lipinski definition) is 1. The Labute approximate surface area is 103 Å². The molecule has 94 valence electrons. The van der Waals surface area contributed by atoms with Gasteiger partial charge in [0.25, 0.3) is 0 Å². The molecule has 0 aliphatic heterocycles. The van der Waals surface area contributed by atoms with Crippen molar-refractivity contribution in [2.45, 2.75) is 37.8 Å². The van der Waals surface area contributed by atoms with Gasteiger partial charge in [-0.25, -0.2) is 4.39 Å². The third-order valence-electron chi connectivity index (χ3n) is 3.77. The van der Waals surface area contributed by atoms with E-state index in [0.717, 1.165) is 24.6 Å². The van der Waals surface area contributed by atoms with Crippen molar-refractivity contribution in [2.75, 3.05) is 13.6 Å². The van der Waals surface area contributed by atoms with Crippen molar-refractivity contribution in [2.24, 2.45) is 5.73 Å². The fraction of sp³-hybridized carbons (Fsp3) is 0.571. The second-order valence-electron chi connectivity index (χ2n) is 5.02. The molecule has 0 saturated heterocycles. The van der Waals surface area contributed by atoms with Crippen LogP contribution in [0.3, 0.4) is 0 Å². The highest BCUT2D eigenvalue weighted by Crippen LogP contribution is 2.24. The second-order valence-corrected chi connectivity index (χ2v) is 5.02. The molecule has 2 N–H and O–H groups in total. The van der Waals surface area contributed by atoms with Crippen LogP contribution in [0.4, 0.5) is 4.39 Å². The Bertz CT molecular complexity index is 363. The number of rotatable bonds is 5. The van der Waals surface area contributed by atoms with Crippen molar-refractivity contribution in [3.05, 3.63) is 35.6 Å². The second kappa shape index (κ2) is 5.61. The lowest BCUT2D eigenvalue weighted by Gasteiger charge is -2.35. The third-order valence-corrected chi connectivity index (χ3v) is 3.77. The summed E-state index contributed by atoms with van der Waals surface area (Å²) in [5.74, 6) is -0.203. The van der Waals surface area contributed by atoms with Crippen molar-refractivity contribution in [1.29, 1.82) is 0 Å². The monoisotopic (exact) mass is 236 g/mol. The van der Waals surface area contributed by atoms with Gasteiger partial charge >= 0.3 is 0 Å². The normalized spacial score (nSPS) is 18.1. The van der Waals surface area contributed by atoms with Crippen LogP contribution in [0.15, 0.2) is 24.3 Å². The van der Waals surface area contributed by atoms with E-state index in [-0.39, 0.29) is 11.9 Å². The zero-order valence-corrected chi connectivity index (χ0v) is 10.4. The van der Waals surface area contributed by atoms with Crippen molar-refractivity contribution < 1.29 is 4.39 Å². The van der Waals surface area contributed by atoms with Gasteiger partial charge in [-0.15, -0.1) is 0 Å². The number of nitrogens with two attached hydrogens (primary N) is 1. The van der Waals surface area contributed by atoms with Crippen LogP contribution in [0.25, 0.3) is 0 Å². The molecule has 0 radical (unpaired) electrons. The SMILES string of the molecule is CN(CCC(N)c1cccc(F)c1)C1CCC1. The molecule has 1 aliphatic rings. The van der Waals surface area contributed by atoms with Gasteiger partial charge in [0.1, 0.15) is 5.82 Å². The van der Waals surface area contributed by atoms with Crippen molar-refractivity contribution >= 4 is 0 Å². The van der Waals surface area contributed by atoms with Crippen molar-refractivity contribution in [3.8, 4) is 0 Å². The summed E-state index contributed by atoms with van der Waals surface area (Å²) in [7, 11) is 2.15. The summed E-state index contributed by atoms with van der Waals surface area (Å²) >= 11 is 0. The summed E-state index contributed by atoms with van der Waals surface area (Å²) in [4.78, 5) is 2.38. The quantitative estimate of drug-likeness (QED) is 0.851. The zero-order valence-electron chi connectivity index (χ0n) is 10.4. The predicted octanol–water partition coefficient (Wildman–Crippen LogP) is 2.70. The predicted molar refractivity (Wildman–Crippen MR) is 68.2 cm³/mol. The average Bonchev–Trinajstić information content (AvgIpc) is 2.23. The first-order valence-corrected chi connectivity index (χ1v) is 6.38. The van der Waals surface area contributed by atoms with E-state index in [2.05, 4.69) is 11.9 Å². The van der Waals surface area contributed by atoms with Crippen LogP contribution in [0.2, 0.25) is 0 Å². The molecule has 3 heteroatoms. The van der Waals surface area contributed by atoms with Gasteiger partial charge in [0.15, 0.2) is 0 Å². The van der Waals surface area contributed by atoms with E-state index in [1.807, 2.05) is 6.07 Å². The van der Waals surface area contributed by atoms with Crippen LogP contribution in [-0.2, 0) is 0 Å². The van der Waals surface area contributed by atoms with E-state index in [1.165, 1.54) is 31.4 Å². The third kappa shape index (κ3) is 3.27. The summed E-state index contributed by atoms with van der Waals surface area (Å²) in [6.07, 6.45) is 4.86. The van der Waals surface area contributed by atoms with Gasteiger partial charge in [-0.2, -0.15) is 0 Å². The Kier molecular flexibility index (Phi) is 4.13. The van der Waals surface area contributed by atoms with Gasteiger partial charge in [-0.1, -0.05) is 18.6 Å². The molecule has 0 bridgehead atoms. The van der Waals surface area contributed by atoms with Crippen LogP contribution in [0.1, 0.15) is 37.3 Å². The Morgan fingerprint density at radius 2 is 2.24 bits per heavy atom. The molecule has 17 heavy (non-hydrogen) atoms. The molecule has 1 fully saturated rings. The number of hydrogen-bond acceptors (Lipinski definition) is 2. The van der Waals surface area contributed by atoms with Crippen LogP contribution in [-0.4, -0.2) is 24.5 Å². The van der Waals surface area contributed by atoms with Gasteiger partial charge in [0, 0.05) is 12.1 Å². The topological polar surface area (TPSA) is 29.3 Å². The summed E-state index contributed by atoms with van der Waals surface area (Å²) in [5, 5.41) is 0. The van der Waals surface area contributed by atoms with Crippen molar-refractivity contribution in [3.63, 3.8) is 0 Å². The molecular weight excluding hydrogens is 215 g/mol. The minimum atomic E-state index is -0.203. The first kappa shape index (κ1) is 12.5. The summed E-state index contributed by atoms with van der Waals surface area (Å²) in [5.41, 5.74) is 6.97. The van der Waals surface area contributed by atoms with E-state index in [1.54, 1.807) is 6.07 Å². The maximum atomic E-state index is 13.1. The van der Waals surface area contributed by atoms with E-state index in [0.29, 0.717) is 0 Å². The molecule has 2 nitrogen and oxygen atoms in total. The van der Waals surface area contributed by atoms with Crippen LogP contribution < -0.4 is 5.73 Å². The molecular formula is C14H21FN2. The zero-order chi connectivity index (χ0) is 12.3. The Balaban J connectivity index is 1.82. The van der Waals surface area contributed by atoms with E-state index in [9.17, 15) is 4.39 Å². The van der Waals surface area contributed by atoms with Gasteiger partial charge in [0.2, 0.25) is 0 Å². The lowest BCUT2D eigenvalue weighted by Crippen LogP contribution is -2.38. The first-order chi connectivity index (χ1) is 8.16. The van der Waals surface area contributed by atoms with Gasteiger partial charge in [-0.05, 0) is 50.6 Å². The summed E-state index contributed by atoms with van der Waals surface area (Å²) in [6, 6.07) is 7.30. The van der Waals surface area contributed by atoms with E-state index in [4.69, 9.17) is 5.73 Å². The van der Waals surface area contributed by atoms with Gasteiger partial charge in [-0.3, -0.25) is 0 Å². The molecule has 0 amide bonds. The molecule has 1 aliphatic carbocycles.